The summed E-state index contributed by atoms with van der Waals surface area (Å²) in [5.74, 6) is -0.230. The summed E-state index contributed by atoms with van der Waals surface area (Å²) in [6.45, 7) is 2.61. The molecule has 0 aliphatic carbocycles. The number of hydrogen-bond acceptors (Lipinski definition) is 13. The highest BCUT2D eigenvalue weighted by Gasteiger charge is 2.50. The van der Waals surface area contributed by atoms with E-state index in [4.69, 9.17) is 18.9 Å². The van der Waals surface area contributed by atoms with Gasteiger partial charge in [-0.15, -0.1) is 0 Å². The molecule has 0 spiro atoms. The van der Waals surface area contributed by atoms with Crippen LogP contribution in [-0.4, -0.2) is 140 Å². The van der Waals surface area contributed by atoms with Crippen LogP contribution in [0.3, 0.4) is 0 Å². The zero-order valence-electron chi connectivity index (χ0n) is 29.4. The Labute approximate surface area is 291 Å². The average molecular weight is 708 g/mol. The highest BCUT2D eigenvalue weighted by molar-refractivity contribution is 5.76. The van der Waals surface area contributed by atoms with E-state index in [1.54, 1.807) is 0 Å². The maximum atomic E-state index is 12.9. The Bertz CT molecular complexity index is 894. The molecule has 288 valence electrons. The van der Waals surface area contributed by atoms with Crippen LogP contribution >= 0.6 is 0 Å². The van der Waals surface area contributed by atoms with Gasteiger partial charge in [-0.25, -0.2) is 0 Å². The molecule has 14 heteroatoms. The molecule has 2 heterocycles. The fourth-order valence-corrected chi connectivity index (χ4v) is 6.04. The second-order valence-corrected chi connectivity index (χ2v) is 13.3. The number of ether oxygens (including phenoxy) is 4. The first-order valence-electron chi connectivity index (χ1n) is 18.4. The molecule has 0 aromatic carbocycles. The summed E-state index contributed by atoms with van der Waals surface area (Å²) in [7, 11) is 0. The van der Waals surface area contributed by atoms with E-state index in [0.29, 0.717) is 19.3 Å². The van der Waals surface area contributed by atoms with Gasteiger partial charge < -0.3 is 65.1 Å². The summed E-state index contributed by atoms with van der Waals surface area (Å²) in [6, 6.07) is -0.822. The van der Waals surface area contributed by atoms with Gasteiger partial charge >= 0.3 is 0 Å². The lowest BCUT2D eigenvalue weighted by Gasteiger charge is -2.46. The molecule has 0 saturated carbocycles. The maximum Gasteiger partial charge on any atom is 0.220 e. The third-order valence-corrected chi connectivity index (χ3v) is 9.23. The van der Waals surface area contributed by atoms with E-state index < -0.39 is 86.8 Å². The van der Waals surface area contributed by atoms with Gasteiger partial charge in [-0.3, -0.25) is 4.79 Å². The number of carbonyl (C=O) groups excluding carboxylic acids is 1. The first-order chi connectivity index (χ1) is 23.6. The Hall–Kier alpha value is -1.27. The van der Waals surface area contributed by atoms with Gasteiger partial charge in [0, 0.05) is 6.42 Å². The van der Waals surface area contributed by atoms with E-state index in [0.717, 1.165) is 64.2 Å². The van der Waals surface area contributed by atoms with Crippen molar-refractivity contribution in [1.82, 2.24) is 5.32 Å². The summed E-state index contributed by atoms with van der Waals surface area (Å²) in [5, 5.41) is 85.6. The van der Waals surface area contributed by atoms with Gasteiger partial charge in [-0.05, 0) is 32.1 Å². The van der Waals surface area contributed by atoms with Crippen LogP contribution in [0.2, 0.25) is 0 Å². The van der Waals surface area contributed by atoms with Crippen LogP contribution in [0.25, 0.3) is 0 Å². The minimum Gasteiger partial charge on any atom is -0.394 e. The lowest BCUT2D eigenvalue weighted by molar-refractivity contribution is -0.359. The Morgan fingerprint density at radius 2 is 1.31 bits per heavy atom. The lowest BCUT2D eigenvalue weighted by atomic mass is 9.97. The molecule has 14 nitrogen and oxygen atoms in total. The molecule has 9 N–H and O–H groups in total. The van der Waals surface area contributed by atoms with Gasteiger partial charge in [0.05, 0.1) is 32.0 Å². The fourth-order valence-electron chi connectivity index (χ4n) is 6.04. The fraction of sp³-hybridized carbons (Fsp3) is 0.914. The van der Waals surface area contributed by atoms with Gasteiger partial charge in [-0.2, -0.15) is 0 Å². The third-order valence-electron chi connectivity index (χ3n) is 9.23. The Kier molecular flexibility index (Phi) is 22.2. The van der Waals surface area contributed by atoms with E-state index in [1.165, 1.54) is 12.8 Å². The number of aliphatic hydroxyl groups excluding tert-OH is 8. The predicted molar refractivity (Wildman–Crippen MR) is 180 cm³/mol. The zero-order chi connectivity index (χ0) is 36.2. The number of unbranched alkanes of at least 4 members (excludes halogenated alkanes) is 10. The number of nitrogens with one attached hydrogen (secondary N) is 1. The minimum atomic E-state index is -1.78. The molecule has 2 aliphatic rings. The number of amides is 1. The number of allylic oxidation sites excluding steroid dienone is 2. The van der Waals surface area contributed by atoms with Crippen molar-refractivity contribution in [3.8, 4) is 0 Å². The van der Waals surface area contributed by atoms with E-state index in [1.807, 2.05) is 0 Å². The average Bonchev–Trinajstić information content (AvgIpc) is 3.09. The molecule has 0 bridgehead atoms. The van der Waals surface area contributed by atoms with E-state index in [-0.39, 0.29) is 12.5 Å². The number of rotatable bonds is 25. The molecule has 2 saturated heterocycles. The van der Waals surface area contributed by atoms with Crippen LogP contribution < -0.4 is 5.32 Å². The van der Waals surface area contributed by atoms with Gasteiger partial charge in [0.15, 0.2) is 12.6 Å². The van der Waals surface area contributed by atoms with Gasteiger partial charge in [0.25, 0.3) is 0 Å². The first kappa shape index (κ1) is 43.9. The summed E-state index contributed by atoms with van der Waals surface area (Å²) >= 11 is 0. The third kappa shape index (κ3) is 15.1. The van der Waals surface area contributed by atoms with Crippen LogP contribution in [0.5, 0.6) is 0 Å². The van der Waals surface area contributed by atoms with Crippen molar-refractivity contribution in [1.29, 1.82) is 0 Å². The van der Waals surface area contributed by atoms with Crippen LogP contribution in [-0.2, 0) is 23.7 Å². The smallest absolute Gasteiger partial charge is 0.220 e. The van der Waals surface area contributed by atoms with Crippen molar-refractivity contribution >= 4 is 5.91 Å². The molecule has 2 rings (SSSR count). The molecule has 0 radical (unpaired) electrons. The van der Waals surface area contributed by atoms with Crippen LogP contribution in [0, 0.1) is 0 Å². The highest BCUT2D eigenvalue weighted by atomic mass is 16.7. The quantitative estimate of drug-likeness (QED) is 0.0476. The number of aliphatic hydroxyl groups is 8. The molecule has 1 amide bonds. The molecule has 12 atom stereocenters. The Balaban J connectivity index is 1.92. The SMILES string of the molecule is CCCC/C=C\CCCCCCCC(=O)NC(COC1OC(CO)C(OC2OC(CO)C(O)C(O)C2O)C(O)C1O)C(O)CCCCCC. The molecule has 0 aromatic heterocycles. The molecule has 2 fully saturated rings. The summed E-state index contributed by atoms with van der Waals surface area (Å²) in [5.41, 5.74) is 0. The van der Waals surface area contributed by atoms with Crippen molar-refractivity contribution in [3.05, 3.63) is 12.2 Å². The molecule has 12 unspecified atom stereocenters. The second-order valence-electron chi connectivity index (χ2n) is 13.3. The van der Waals surface area contributed by atoms with Crippen molar-refractivity contribution in [2.45, 2.75) is 184 Å². The minimum absolute atomic E-state index is 0.230. The zero-order valence-corrected chi connectivity index (χ0v) is 29.4. The monoisotopic (exact) mass is 707 g/mol. The number of carbonyl (C=O) groups is 1. The van der Waals surface area contributed by atoms with E-state index in [9.17, 15) is 45.6 Å². The molecule has 2 aliphatic heterocycles. The predicted octanol–water partition coefficient (Wildman–Crippen LogP) is 0.920. The molecule has 0 aromatic rings. The number of hydrogen-bond donors (Lipinski definition) is 9. The Morgan fingerprint density at radius 1 is 0.714 bits per heavy atom. The maximum absolute atomic E-state index is 12.9. The summed E-state index contributed by atoms with van der Waals surface area (Å²) in [4.78, 5) is 12.9. The van der Waals surface area contributed by atoms with E-state index in [2.05, 4.69) is 31.3 Å². The van der Waals surface area contributed by atoms with Gasteiger partial charge in [0.1, 0.15) is 48.8 Å². The van der Waals surface area contributed by atoms with Crippen molar-refractivity contribution in [3.63, 3.8) is 0 Å². The van der Waals surface area contributed by atoms with Crippen molar-refractivity contribution < 1.29 is 64.6 Å². The Morgan fingerprint density at radius 3 is 1.98 bits per heavy atom. The molecular formula is C35H65NO13. The summed E-state index contributed by atoms with van der Waals surface area (Å²) < 4.78 is 22.4. The molecule has 49 heavy (non-hydrogen) atoms. The largest absolute Gasteiger partial charge is 0.394 e. The standard InChI is InChI=1S/C35H65NO13/c1-3-5-7-9-10-11-12-13-14-15-17-19-27(40)36-23(24(39)18-16-8-6-4-2)22-46-34-32(45)30(43)33(26(21-38)48-34)49-35-31(44)29(42)28(41)25(20-37)47-35/h9-10,23-26,28-35,37-39,41-45H,3-8,11-22H2,1-2H3,(H,36,40)/b10-9-. The van der Waals surface area contributed by atoms with Gasteiger partial charge in [-0.1, -0.05) is 83.8 Å². The molecular weight excluding hydrogens is 642 g/mol. The van der Waals surface area contributed by atoms with E-state index >= 15 is 0 Å². The summed E-state index contributed by atoms with van der Waals surface area (Å²) in [6.07, 6.45) is 1.78. The lowest BCUT2D eigenvalue weighted by Crippen LogP contribution is -2.65. The van der Waals surface area contributed by atoms with Crippen LogP contribution in [0.1, 0.15) is 110 Å². The van der Waals surface area contributed by atoms with Crippen molar-refractivity contribution in [2.24, 2.45) is 0 Å². The first-order valence-corrected chi connectivity index (χ1v) is 18.4. The normalized spacial score (nSPS) is 32.0. The topological polar surface area (TPSA) is 228 Å². The second kappa shape index (κ2) is 24.8. The van der Waals surface area contributed by atoms with Crippen molar-refractivity contribution in [2.75, 3.05) is 19.8 Å². The highest BCUT2D eigenvalue weighted by Crippen LogP contribution is 2.29. The van der Waals surface area contributed by atoms with Crippen LogP contribution in [0.4, 0.5) is 0 Å². The van der Waals surface area contributed by atoms with Gasteiger partial charge in [0.2, 0.25) is 5.91 Å². The van der Waals surface area contributed by atoms with Crippen LogP contribution in [0.15, 0.2) is 12.2 Å².